The zero-order valence-corrected chi connectivity index (χ0v) is 17.6. The molecule has 1 aromatic heterocycles. The minimum absolute atomic E-state index is 0.0991. The van der Waals surface area contributed by atoms with Crippen molar-refractivity contribution in [3.63, 3.8) is 0 Å². The summed E-state index contributed by atoms with van der Waals surface area (Å²) in [6, 6.07) is 2.94. The maximum Gasteiger partial charge on any atom is 0.252 e. The summed E-state index contributed by atoms with van der Waals surface area (Å²) in [5.74, 6) is -0.723. The number of likely N-dealkylation sites (N-methyl/N-ethyl adjacent to an activating group) is 1. The Balaban J connectivity index is 1.71. The van der Waals surface area contributed by atoms with Gasteiger partial charge in [0.1, 0.15) is 4.21 Å². The molecule has 2 heterocycles. The number of nitrogens with zero attached hydrogens (tertiary/aromatic N) is 2. The number of halogens is 1. The van der Waals surface area contributed by atoms with Crippen LogP contribution in [0.5, 0.6) is 0 Å². The van der Waals surface area contributed by atoms with Gasteiger partial charge in [0, 0.05) is 20.1 Å². The van der Waals surface area contributed by atoms with Crippen LogP contribution in [-0.2, 0) is 19.6 Å². The van der Waals surface area contributed by atoms with Gasteiger partial charge in [0.05, 0.1) is 16.8 Å². The molecule has 3 N–H and O–H groups in total. The van der Waals surface area contributed by atoms with Crippen molar-refractivity contribution < 1.29 is 18.0 Å². The quantitative estimate of drug-likeness (QED) is 0.554. The standard InChI is InChI=1S/C16H25ClN4O4S2/c1-20(27(24,25)15-6-5-13(17)26-15)11-14(22)19-7-3-9-21-8-2-4-12(10-21)16(18)23/h5-6,12H,2-4,7-11H2,1H3,(H2,18,23)(H,19,22). The molecule has 2 amide bonds. The largest absolute Gasteiger partial charge is 0.369 e. The summed E-state index contributed by atoms with van der Waals surface area (Å²) in [7, 11) is -2.36. The first-order chi connectivity index (χ1) is 12.7. The second-order valence-corrected chi connectivity index (χ2v) is 10.6. The Morgan fingerprint density at radius 1 is 1.44 bits per heavy atom. The molecule has 152 valence electrons. The predicted octanol–water partition coefficient (Wildman–Crippen LogP) is 0.726. The van der Waals surface area contributed by atoms with Crippen LogP contribution in [0, 0.1) is 5.92 Å². The molecule has 1 aliphatic heterocycles. The number of carbonyl (C=O) groups is 2. The van der Waals surface area contributed by atoms with Gasteiger partial charge in [-0.3, -0.25) is 9.59 Å². The number of primary amides is 1. The molecule has 2 rings (SSSR count). The molecule has 11 heteroatoms. The van der Waals surface area contributed by atoms with Crippen LogP contribution in [-0.4, -0.2) is 69.2 Å². The van der Waals surface area contributed by atoms with E-state index in [0.29, 0.717) is 23.8 Å². The van der Waals surface area contributed by atoms with Gasteiger partial charge in [-0.25, -0.2) is 8.42 Å². The van der Waals surface area contributed by atoms with E-state index in [-0.39, 0.29) is 28.5 Å². The van der Waals surface area contributed by atoms with Crippen LogP contribution in [0.25, 0.3) is 0 Å². The lowest BCUT2D eigenvalue weighted by Crippen LogP contribution is -2.42. The smallest absolute Gasteiger partial charge is 0.252 e. The number of carbonyl (C=O) groups excluding carboxylic acids is 2. The molecule has 1 unspecified atom stereocenters. The molecule has 0 aromatic carbocycles. The van der Waals surface area contributed by atoms with E-state index in [9.17, 15) is 18.0 Å². The Bertz CT molecular complexity index is 768. The van der Waals surface area contributed by atoms with Crippen molar-refractivity contribution in [2.75, 3.05) is 39.8 Å². The van der Waals surface area contributed by atoms with Crippen LogP contribution < -0.4 is 11.1 Å². The van der Waals surface area contributed by atoms with Gasteiger partial charge >= 0.3 is 0 Å². The van der Waals surface area contributed by atoms with E-state index in [1.54, 1.807) is 0 Å². The molecule has 1 saturated heterocycles. The Kier molecular flexibility index (Phi) is 8.04. The van der Waals surface area contributed by atoms with Crippen LogP contribution in [0.2, 0.25) is 4.34 Å². The van der Waals surface area contributed by atoms with Crippen LogP contribution in [0.4, 0.5) is 0 Å². The molecule has 0 bridgehead atoms. The lowest BCUT2D eigenvalue weighted by Gasteiger charge is -2.31. The van der Waals surface area contributed by atoms with Gasteiger partial charge in [-0.05, 0) is 44.5 Å². The van der Waals surface area contributed by atoms with Crippen molar-refractivity contribution in [1.82, 2.24) is 14.5 Å². The maximum atomic E-state index is 12.4. The Morgan fingerprint density at radius 2 is 2.19 bits per heavy atom. The second-order valence-electron chi connectivity index (χ2n) is 6.57. The average Bonchev–Trinajstić information content (AvgIpc) is 3.06. The minimum Gasteiger partial charge on any atom is -0.369 e. The number of thiophene rings is 1. The van der Waals surface area contributed by atoms with Crippen LogP contribution in [0.1, 0.15) is 19.3 Å². The third-order valence-electron chi connectivity index (χ3n) is 4.46. The molecule has 1 atom stereocenters. The third-order valence-corrected chi connectivity index (χ3v) is 7.96. The fourth-order valence-electron chi connectivity index (χ4n) is 2.95. The van der Waals surface area contributed by atoms with Crippen molar-refractivity contribution in [2.45, 2.75) is 23.5 Å². The number of nitrogens with two attached hydrogens (primary N) is 1. The van der Waals surface area contributed by atoms with Crippen LogP contribution >= 0.6 is 22.9 Å². The van der Waals surface area contributed by atoms with Gasteiger partial charge in [0.2, 0.25) is 11.8 Å². The third kappa shape index (κ3) is 6.42. The molecule has 0 aliphatic carbocycles. The highest BCUT2D eigenvalue weighted by molar-refractivity contribution is 7.91. The average molecular weight is 437 g/mol. The molecule has 8 nitrogen and oxygen atoms in total. The number of sulfonamides is 1. The van der Waals surface area contributed by atoms with Gasteiger partial charge in [-0.2, -0.15) is 4.31 Å². The number of hydrogen-bond donors (Lipinski definition) is 2. The molecule has 1 fully saturated rings. The highest BCUT2D eigenvalue weighted by atomic mass is 35.5. The molecule has 0 spiro atoms. The van der Waals surface area contributed by atoms with Crippen molar-refractivity contribution in [3.05, 3.63) is 16.5 Å². The monoisotopic (exact) mass is 436 g/mol. The second kappa shape index (κ2) is 9.83. The van der Waals surface area contributed by atoms with E-state index in [0.717, 1.165) is 41.6 Å². The summed E-state index contributed by atoms with van der Waals surface area (Å²) in [6.07, 6.45) is 2.49. The molecular weight excluding hydrogens is 412 g/mol. The van der Waals surface area contributed by atoms with Gasteiger partial charge in [0.25, 0.3) is 10.0 Å². The fourth-order valence-corrected chi connectivity index (χ4v) is 5.78. The summed E-state index contributed by atoms with van der Waals surface area (Å²) in [6.45, 7) is 2.52. The molecule has 0 radical (unpaired) electrons. The summed E-state index contributed by atoms with van der Waals surface area (Å²) in [5, 5.41) is 2.73. The molecular formula is C16H25ClN4O4S2. The Hall–Kier alpha value is -1.20. The van der Waals surface area contributed by atoms with Gasteiger partial charge in [-0.1, -0.05) is 11.6 Å². The van der Waals surface area contributed by atoms with E-state index in [4.69, 9.17) is 17.3 Å². The first-order valence-electron chi connectivity index (χ1n) is 8.70. The van der Waals surface area contributed by atoms with Crippen molar-refractivity contribution in [1.29, 1.82) is 0 Å². The van der Waals surface area contributed by atoms with E-state index < -0.39 is 10.0 Å². The number of rotatable bonds is 9. The number of likely N-dealkylation sites (tertiary alicyclic amines) is 1. The molecule has 1 aromatic rings. The maximum absolute atomic E-state index is 12.4. The Morgan fingerprint density at radius 3 is 2.81 bits per heavy atom. The summed E-state index contributed by atoms with van der Waals surface area (Å²) >= 11 is 6.73. The number of nitrogens with one attached hydrogen (secondary N) is 1. The molecule has 0 saturated carbocycles. The van der Waals surface area contributed by atoms with Gasteiger partial charge < -0.3 is 16.0 Å². The highest BCUT2D eigenvalue weighted by Gasteiger charge is 2.25. The minimum atomic E-state index is -3.72. The summed E-state index contributed by atoms with van der Waals surface area (Å²) in [5.41, 5.74) is 5.37. The van der Waals surface area contributed by atoms with E-state index >= 15 is 0 Å². The number of amides is 2. The van der Waals surface area contributed by atoms with Gasteiger partial charge in [-0.15, -0.1) is 11.3 Å². The SMILES string of the molecule is CN(CC(=O)NCCCN1CCCC(C(N)=O)C1)S(=O)(=O)c1ccc(Cl)s1. The first kappa shape index (κ1) is 22.1. The summed E-state index contributed by atoms with van der Waals surface area (Å²) < 4.78 is 26.2. The summed E-state index contributed by atoms with van der Waals surface area (Å²) in [4.78, 5) is 25.5. The van der Waals surface area contributed by atoms with Crippen LogP contribution in [0.3, 0.4) is 0 Å². The van der Waals surface area contributed by atoms with Crippen LogP contribution in [0.15, 0.2) is 16.3 Å². The lowest BCUT2D eigenvalue weighted by molar-refractivity contribution is -0.123. The lowest BCUT2D eigenvalue weighted by atomic mass is 9.97. The van der Waals surface area contributed by atoms with Crippen molar-refractivity contribution in [3.8, 4) is 0 Å². The highest BCUT2D eigenvalue weighted by Crippen LogP contribution is 2.27. The fraction of sp³-hybridized carbons (Fsp3) is 0.625. The van der Waals surface area contributed by atoms with E-state index in [1.165, 1.54) is 19.2 Å². The Labute approximate surface area is 168 Å². The zero-order valence-electron chi connectivity index (χ0n) is 15.2. The number of piperidine rings is 1. The van der Waals surface area contributed by atoms with Crippen molar-refractivity contribution >= 4 is 44.8 Å². The zero-order chi connectivity index (χ0) is 20.0. The molecule has 27 heavy (non-hydrogen) atoms. The van der Waals surface area contributed by atoms with E-state index in [2.05, 4.69) is 10.2 Å². The normalized spacial score (nSPS) is 18.6. The first-order valence-corrected chi connectivity index (χ1v) is 11.3. The topological polar surface area (TPSA) is 113 Å². The molecule has 1 aliphatic rings. The van der Waals surface area contributed by atoms with Crippen molar-refractivity contribution in [2.24, 2.45) is 11.7 Å². The van der Waals surface area contributed by atoms with E-state index in [1.807, 2.05) is 0 Å². The number of hydrogen-bond acceptors (Lipinski definition) is 6. The predicted molar refractivity (Wildman–Crippen MR) is 105 cm³/mol. The van der Waals surface area contributed by atoms with Gasteiger partial charge in [0.15, 0.2) is 0 Å².